The first kappa shape index (κ1) is 11.4. The molecule has 3 nitrogen and oxygen atoms in total. The topological polar surface area (TPSA) is 53.0 Å². The van der Waals surface area contributed by atoms with E-state index in [0.717, 1.165) is 0 Å². The van der Waals surface area contributed by atoms with Crippen molar-refractivity contribution in [2.75, 3.05) is 13.6 Å². The molecule has 0 radical (unpaired) electrons. The molecule has 0 bridgehead atoms. The van der Waals surface area contributed by atoms with E-state index >= 15 is 0 Å². The molecule has 0 spiro atoms. The Kier molecular flexibility index (Phi) is 4.87. The molecular weight excluding hydrogens is 150 g/mol. The fourth-order valence-electron chi connectivity index (χ4n) is 1.03. The Morgan fingerprint density at radius 1 is 1.42 bits per heavy atom. The highest BCUT2D eigenvalue weighted by Crippen LogP contribution is 2.07. The first-order valence-electron chi connectivity index (χ1n) is 4.34. The smallest absolute Gasteiger partial charge is 0.106 e. The monoisotopic (exact) mass is 169 g/mol. The Hall–Kier alpha value is -0.590. The summed E-state index contributed by atoms with van der Waals surface area (Å²) in [6, 6.07) is 2.14. The van der Waals surface area contributed by atoms with Gasteiger partial charge in [-0.2, -0.15) is 5.26 Å². The van der Waals surface area contributed by atoms with Gasteiger partial charge in [0, 0.05) is 12.6 Å². The second-order valence-electron chi connectivity index (χ2n) is 3.66. The van der Waals surface area contributed by atoms with Crippen molar-refractivity contribution in [3.8, 4) is 6.07 Å². The summed E-state index contributed by atoms with van der Waals surface area (Å²) in [4.78, 5) is 2.12. The summed E-state index contributed by atoms with van der Waals surface area (Å²) in [5.74, 6) is 0.598. The van der Waals surface area contributed by atoms with Crippen LogP contribution in [-0.4, -0.2) is 30.6 Å². The van der Waals surface area contributed by atoms with Crippen molar-refractivity contribution in [2.24, 2.45) is 11.7 Å². The number of hydrogen-bond donors (Lipinski definition) is 1. The van der Waals surface area contributed by atoms with Gasteiger partial charge >= 0.3 is 0 Å². The lowest BCUT2D eigenvalue weighted by Crippen LogP contribution is -2.41. The minimum atomic E-state index is -0.365. The summed E-state index contributed by atoms with van der Waals surface area (Å²) in [6.07, 6.45) is 0. The summed E-state index contributed by atoms with van der Waals surface area (Å²) in [5.41, 5.74) is 5.51. The Bertz CT molecular complexity index is 160. The average Bonchev–Trinajstić information content (AvgIpc) is 2.02. The maximum absolute atomic E-state index is 8.50. The number of nitriles is 1. The van der Waals surface area contributed by atoms with Crippen LogP contribution in [0.4, 0.5) is 0 Å². The van der Waals surface area contributed by atoms with Gasteiger partial charge in [0.15, 0.2) is 0 Å². The van der Waals surface area contributed by atoms with Gasteiger partial charge in [0.2, 0.25) is 0 Å². The van der Waals surface area contributed by atoms with Gasteiger partial charge in [0.25, 0.3) is 0 Å². The summed E-state index contributed by atoms with van der Waals surface area (Å²) >= 11 is 0. The summed E-state index contributed by atoms with van der Waals surface area (Å²) in [5, 5.41) is 8.50. The van der Waals surface area contributed by atoms with Gasteiger partial charge in [0.05, 0.1) is 6.07 Å². The molecule has 3 heteroatoms. The normalized spacial score (nSPS) is 16.2. The molecule has 2 N–H and O–H groups in total. The molecule has 70 valence electrons. The fraction of sp³-hybridized carbons (Fsp3) is 0.889. The molecule has 0 aromatic heterocycles. The molecule has 0 saturated carbocycles. The number of nitrogens with two attached hydrogens (primary N) is 1. The molecule has 0 amide bonds. The van der Waals surface area contributed by atoms with Crippen LogP contribution in [0.3, 0.4) is 0 Å². The standard InChI is InChI=1S/C9H19N3/c1-7(2)8(3)12(4)6-9(11)5-10/h7-9H,6,11H2,1-4H3. The number of nitrogens with zero attached hydrogens (tertiary/aromatic N) is 2. The molecule has 2 unspecified atom stereocenters. The van der Waals surface area contributed by atoms with Crippen molar-refractivity contribution >= 4 is 0 Å². The van der Waals surface area contributed by atoms with E-state index in [1.54, 1.807) is 0 Å². The van der Waals surface area contributed by atoms with E-state index in [9.17, 15) is 0 Å². The van der Waals surface area contributed by atoms with Crippen molar-refractivity contribution in [2.45, 2.75) is 32.9 Å². The zero-order valence-electron chi connectivity index (χ0n) is 8.41. The summed E-state index contributed by atoms with van der Waals surface area (Å²) < 4.78 is 0. The second-order valence-corrected chi connectivity index (χ2v) is 3.66. The van der Waals surface area contributed by atoms with Crippen LogP contribution in [0.25, 0.3) is 0 Å². The predicted octanol–water partition coefficient (Wildman–Crippen LogP) is 0.814. The molecule has 0 fully saturated rings. The first-order chi connectivity index (χ1) is 5.49. The van der Waals surface area contributed by atoms with Crippen molar-refractivity contribution in [3.05, 3.63) is 0 Å². The van der Waals surface area contributed by atoms with Gasteiger partial charge in [-0.1, -0.05) is 13.8 Å². The Balaban J connectivity index is 3.88. The van der Waals surface area contributed by atoms with Gasteiger partial charge in [-0.25, -0.2) is 0 Å². The van der Waals surface area contributed by atoms with E-state index in [4.69, 9.17) is 11.0 Å². The van der Waals surface area contributed by atoms with Crippen LogP contribution in [0.5, 0.6) is 0 Å². The van der Waals surface area contributed by atoms with Gasteiger partial charge in [-0.05, 0) is 19.9 Å². The van der Waals surface area contributed by atoms with Crippen molar-refractivity contribution < 1.29 is 0 Å². The van der Waals surface area contributed by atoms with E-state index < -0.39 is 0 Å². The van der Waals surface area contributed by atoms with Crippen LogP contribution in [0.15, 0.2) is 0 Å². The highest BCUT2D eigenvalue weighted by atomic mass is 15.1. The number of hydrogen-bond acceptors (Lipinski definition) is 3. The second kappa shape index (κ2) is 5.13. The third-order valence-electron chi connectivity index (χ3n) is 2.31. The molecule has 12 heavy (non-hydrogen) atoms. The SMILES string of the molecule is CC(C)C(C)N(C)CC(N)C#N. The number of likely N-dealkylation sites (N-methyl/N-ethyl adjacent to an activating group) is 1. The van der Waals surface area contributed by atoms with Crippen LogP contribution in [-0.2, 0) is 0 Å². The van der Waals surface area contributed by atoms with E-state index in [2.05, 4.69) is 25.7 Å². The average molecular weight is 169 g/mol. The Labute approximate surface area is 75.2 Å². The Morgan fingerprint density at radius 3 is 2.25 bits per heavy atom. The van der Waals surface area contributed by atoms with Crippen molar-refractivity contribution in [1.82, 2.24) is 4.90 Å². The lowest BCUT2D eigenvalue weighted by atomic mass is 10.0. The highest BCUT2D eigenvalue weighted by Gasteiger charge is 2.14. The summed E-state index contributed by atoms with van der Waals surface area (Å²) in [7, 11) is 2.00. The first-order valence-corrected chi connectivity index (χ1v) is 4.34. The molecule has 0 aromatic carbocycles. The molecule has 0 aliphatic rings. The number of rotatable bonds is 4. The minimum Gasteiger partial charge on any atom is -0.315 e. The van der Waals surface area contributed by atoms with Crippen molar-refractivity contribution in [3.63, 3.8) is 0 Å². The largest absolute Gasteiger partial charge is 0.315 e. The molecule has 0 rings (SSSR count). The molecular formula is C9H19N3. The molecule has 0 aliphatic heterocycles. The van der Waals surface area contributed by atoms with Crippen LogP contribution < -0.4 is 5.73 Å². The maximum Gasteiger partial charge on any atom is 0.106 e. The van der Waals surface area contributed by atoms with Gasteiger partial charge < -0.3 is 10.6 Å². The molecule has 2 atom stereocenters. The van der Waals surface area contributed by atoms with Crippen LogP contribution in [0, 0.1) is 17.2 Å². The van der Waals surface area contributed by atoms with Gasteiger partial charge in [-0.15, -0.1) is 0 Å². The third-order valence-corrected chi connectivity index (χ3v) is 2.31. The molecule has 0 aliphatic carbocycles. The van der Waals surface area contributed by atoms with Gasteiger partial charge in [-0.3, -0.25) is 0 Å². The Morgan fingerprint density at radius 2 is 1.92 bits per heavy atom. The van der Waals surface area contributed by atoms with Crippen LogP contribution >= 0.6 is 0 Å². The zero-order chi connectivity index (χ0) is 9.72. The molecule has 0 saturated heterocycles. The van der Waals surface area contributed by atoms with Crippen molar-refractivity contribution in [1.29, 1.82) is 5.26 Å². The van der Waals surface area contributed by atoms with E-state index in [1.165, 1.54) is 0 Å². The van der Waals surface area contributed by atoms with E-state index in [0.29, 0.717) is 18.5 Å². The lowest BCUT2D eigenvalue weighted by Gasteiger charge is -2.28. The predicted molar refractivity (Wildman–Crippen MR) is 50.5 cm³/mol. The lowest BCUT2D eigenvalue weighted by molar-refractivity contribution is 0.205. The minimum absolute atomic E-state index is 0.365. The third kappa shape index (κ3) is 3.70. The quantitative estimate of drug-likeness (QED) is 0.677. The summed E-state index contributed by atoms with van der Waals surface area (Å²) in [6.45, 7) is 7.13. The maximum atomic E-state index is 8.50. The fourth-order valence-corrected chi connectivity index (χ4v) is 1.03. The molecule has 0 aromatic rings. The van der Waals surface area contributed by atoms with Crippen LogP contribution in [0.2, 0.25) is 0 Å². The van der Waals surface area contributed by atoms with Crippen LogP contribution in [0.1, 0.15) is 20.8 Å². The molecule has 0 heterocycles. The zero-order valence-corrected chi connectivity index (χ0v) is 8.41. The van der Waals surface area contributed by atoms with Gasteiger partial charge in [0.1, 0.15) is 6.04 Å². The van der Waals surface area contributed by atoms with E-state index in [1.807, 2.05) is 13.1 Å². The highest BCUT2D eigenvalue weighted by molar-refractivity contribution is 4.89. The van der Waals surface area contributed by atoms with E-state index in [-0.39, 0.29) is 6.04 Å².